The zero-order valence-electron chi connectivity index (χ0n) is 16.9. The third-order valence-electron chi connectivity index (χ3n) is 6.02. The summed E-state index contributed by atoms with van der Waals surface area (Å²) in [5.74, 6) is 1.48. The van der Waals surface area contributed by atoms with Crippen LogP contribution in [0.4, 0.5) is 0 Å². The number of hydrogen-bond acceptors (Lipinski definition) is 4. The molecule has 0 radical (unpaired) electrons. The molecule has 162 valence electrons. The van der Waals surface area contributed by atoms with E-state index in [9.17, 15) is 4.79 Å². The first-order valence-electron chi connectivity index (χ1n) is 9.77. The highest BCUT2D eigenvalue weighted by molar-refractivity contribution is 5.86. The van der Waals surface area contributed by atoms with E-state index in [1.54, 1.807) is 0 Å². The van der Waals surface area contributed by atoms with Crippen molar-refractivity contribution in [3.63, 3.8) is 0 Å². The number of piperidine rings is 1. The fourth-order valence-electron chi connectivity index (χ4n) is 4.13. The van der Waals surface area contributed by atoms with Gasteiger partial charge in [-0.2, -0.15) is 0 Å². The molecule has 1 aromatic rings. The van der Waals surface area contributed by atoms with E-state index in [1.165, 1.54) is 18.4 Å². The van der Waals surface area contributed by atoms with Gasteiger partial charge in [0, 0.05) is 51.0 Å². The number of nitrogens with zero attached hydrogens (tertiary/aromatic N) is 3. The van der Waals surface area contributed by atoms with Crippen LogP contribution in [-0.2, 0) is 4.79 Å². The van der Waals surface area contributed by atoms with Gasteiger partial charge in [-0.1, -0.05) is 13.0 Å². The lowest BCUT2D eigenvalue weighted by Gasteiger charge is -2.39. The lowest BCUT2D eigenvalue weighted by Crippen LogP contribution is -2.49. The number of aromatic nitrogens is 1. The first kappa shape index (κ1) is 27.4. The van der Waals surface area contributed by atoms with Crippen molar-refractivity contribution >= 4 is 43.1 Å². The van der Waals surface area contributed by atoms with Gasteiger partial charge in [0.05, 0.1) is 0 Å². The number of carbonyl (C=O) groups excluding carboxylic acids is 1. The Labute approximate surface area is 188 Å². The second-order valence-corrected chi connectivity index (χ2v) is 7.67. The number of halogens is 3. The van der Waals surface area contributed by atoms with Crippen molar-refractivity contribution in [3.8, 4) is 0 Å². The molecule has 2 aliphatic heterocycles. The maximum atomic E-state index is 12.7. The first-order valence-corrected chi connectivity index (χ1v) is 9.77. The van der Waals surface area contributed by atoms with E-state index in [0.29, 0.717) is 30.2 Å². The molecule has 0 saturated carbocycles. The summed E-state index contributed by atoms with van der Waals surface area (Å²) in [5, 5.41) is 3.47. The van der Waals surface area contributed by atoms with Gasteiger partial charge in [-0.05, 0) is 56.3 Å². The lowest BCUT2D eigenvalue weighted by molar-refractivity contribution is -0.134. The molecule has 8 heteroatoms. The Kier molecular flexibility index (Phi) is 13.3. The van der Waals surface area contributed by atoms with Crippen molar-refractivity contribution in [2.24, 2.45) is 11.8 Å². The van der Waals surface area contributed by atoms with Gasteiger partial charge in [0.2, 0.25) is 5.91 Å². The Morgan fingerprint density at radius 1 is 1.21 bits per heavy atom. The van der Waals surface area contributed by atoms with Crippen LogP contribution in [0, 0.1) is 11.8 Å². The molecule has 3 unspecified atom stereocenters. The van der Waals surface area contributed by atoms with E-state index in [2.05, 4.69) is 40.0 Å². The van der Waals surface area contributed by atoms with Crippen LogP contribution in [0.2, 0.25) is 0 Å². The predicted molar refractivity (Wildman–Crippen MR) is 122 cm³/mol. The van der Waals surface area contributed by atoms with Crippen LogP contribution in [0.25, 0.3) is 0 Å². The van der Waals surface area contributed by atoms with E-state index in [4.69, 9.17) is 0 Å². The summed E-state index contributed by atoms with van der Waals surface area (Å²) in [6.07, 6.45) is 6.97. The smallest absolute Gasteiger partial charge is 0.222 e. The highest BCUT2D eigenvalue weighted by atomic mass is 35.5. The normalized spacial score (nSPS) is 22.1. The number of amides is 1. The quantitative estimate of drug-likeness (QED) is 0.740. The van der Waals surface area contributed by atoms with E-state index >= 15 is 0 Å². The molecule has 3 heterocycles. The molecular formula is C20H35Cl3N4O. The number of piperazine rings is 1. The largest absolute Gasteiger partial charge is 0.340 e. The monoisotopic (exact) mass is 452 g/mol. The predicted octanol–water partition coefficient (Wildman–Crippen LogP) is 3.58. The lowest BCUT2D eigenvalue weighted by atomic mass is 9.85. The number of carbonyl (C=O) groups is 1. The maximum absolute atomic E-state index is 12.7. The Morgan fingerprint density at radius 2 is 1.93 bits per heavy atom. The zero-order chi connectivity index (χ0) is 17.6. The third kappa shape index (κ3) is 7.34. The summed E-state index contributed by atoms with van der Waals surface area (Å²) in [6.45, 7) is 10.3. The van der Waals surface area contributed by atoms with Crippen LogP contribution < -0.4 is 5.32 Å². The van der Waals surface area contributed by atoms with Crippen molar-refractivity contribution in [2.45, 2.75) is 39.2 Å². The van der Waals surface area contributed by atoms with E-state index in [0.717, 1.165) is 39.3 Å². The van der Waals surface area contributed by atoms with Crippen LogP contribution in [0.5, 0.6) is 0 Å². The Hall–Kier alpha value is -0.590. The van der Waals surface area contributed by atoms with Gasteiger partial charge in [0.1, 0.15) is 0 Å². The van der Waals surface area contributed by atoms with Crippen LogP contribution >= 0.6 is 37.2 Å². The fraction of sp³-hybridized carbons (Fsp3) is 0.700. The minimum atomic E-state index is 0. The van der Waals surface area contributed by atoms with Gasteiger partial charge in [-0.15, -0.1) is 37.2 Å². The SMILES string of the molecule is CC(CC(=O)N1CCN(C(C)c2cccnc2)CC1)C1CCCNC1.Cl.Cl.Cl. The minimum Gasteiger partial charge on any atom is -0.340 e. The highest BCUT2D eigenvalue weighted by Crippen LogP contribution is 2.24. The Bertz CT molecular complexity index is 550. The molecule has 3 rings (SSSR count). The van der Waals surface area contributed by atoms with Crippen molar-refractivity contribution in [2.75, 3.05) is 39.3 Å². The molecule has 1 N–H and O–H groups in total. The maximum Gasteiger partial charge on any atom is 0.222 e. The van der Waals surface area contributed by atoms with Gasteiger partial charge in [0.15, 0.2) is 0 Å². The van der Waals surface area contributed by atoms with Gasteiger partial charge < -0.3 is 10.2 Å². The van der Waals surface area contributed by atoms with E-state index in [-0.39, 0.29) is 37.2 Å². The van der Waals surface area contributed by atoms with Gasteiger partial charge in [0.25, 0.3) is 0 Å². The molecule has 2 aliphatic rings. The van der Waals surface area contributed by atoms with E-state index in [1.807, 2.05) is 18.5 Å². The van der Waals surface area contributed by atoms with Crippen molar-refractivity contribution in [1.29, 1.82) is 0 Å². The highest BCUT2D eigenvalue weighted by Gasteiger charge is 2.28. The summed E-state index contributed by atoms with van der Waals surface area (Å²) in [6, 6.07) is 4.49. The fourth-order valence-corrected chi connectivity index (χ4v) is 4.13. The number of rotatable bonds is 5. The van der Waals surface area contributed by atoms with Crippen molar-refractivity contribution in [1.82, 2.24) is 20.1 Å². The summed E-state index contributed by atoms with van der Waals surface area (Å²) >= 11 is 0. The molecular weight excluding hydrogens is 419 g/mol. The standard InChI is InChI=1S/C20H32N4O.3ClH/c1-16(18-5-3-7-21-14-18)13-20(25)24-11-9-23(10-12-24)17(2)19-6-4-8-22-15-19;;;/h4,6,8,15-18,21H,3,5,7,9-14H2,1-2H3;3*1H. The molecule has 3 atom stereocenters. The topological polar surface area (TPSA) is 48.5 Å². The van der Waals surface area contributed by atoms with Crippen LogP contribution in [0.15, 0.2) is 24.5 Å². The van der Waals surface area contributed by atoms with Crippen LogP contribution in [-0.4, -0.2) is 60.0 Å². The summed E-state index contributed by atoms with van der Waals surface area (Å²) in [4.78, 5) is 21.4. The number of hydrogen-bond donors (Lipinski definition) is 1. The average Bonchev–Trinajstić information content (AvgIpc) is 2.69. The molecule has 1 amide bonds. The molecule has 1 aromatic heterocycles. The van der Waals surface area contributed by atoms with Gasteiger partial charge in [-0.3, -0.25) is 14.7 Å². The number of pyridine rings is 1. The summed E-state index contributed by atoms with van der Waals surface area (Å²) in [7, 11) is 0. The zero-order valence-corrected chi connectivity index (χ0v) is 19.3. The molecule has 0 bridgehead atoms. The Balaban J connectivity index is 0.00000243. The van der Waals surface area contributed by atoms with Crippen LogP contribution in [0.1, 0.15) is 44.7 Å². The summed E-state index contributed by atoms with van der Waals surface area (Å²) < 4.78 is 0. The second-order valence-electron chi connectivity index (χ2n) is 7.67. The first-order chi connectivity index (χ1) is 12.1. The molecule has 2 saturated heterocycles. The second kappa shape index (κ2) is 13.6. The van der Waals surface area contributed by atoms with Crippen molar-refractivity contribution < 1.29 is 4.79 Å². The Morgan fingerprint density at radius 3 is 2.50 bits per heavy atom. The third-order valence-corrected chi connectivity index (χ3v) is 6.02. The van der Waals surface area contributed by atoms with Gasteiger partial charge in [-0.25, -0.2) is 0 Å². The van der Waals surface area contributed by atoms with Crippen LogP contribution in [0.3, 0.4) is 0 Å². The molecule has 0 aliphatic carbocycles. The van der Waals surface area contributed by atoms with Gasteiger partial charge >= 0.3 is 0 Å². The molecule has 0 spiro atoms. The van der Waals surface area contributed by atoms with Crippen molar-refractivity contribution in [3.05, 3.63) is 30.1 Å². The molecule has 5 nitrogen and oxygen atoms in total. The molecule has 2 fully saturated rings. The number of nitrogens with one attached hydrogen (secondary N) is 1. The molecule has 0 aromatic carbocycles. The molecule has 28 heavy (non-hydrogen) atoms. The van der Waals surface area contributed by atoms with E-state index < -0.39 is 0 Å². The summed E-state index contributed by atoms with van der Waals surface area (Å²) in [5.41, 5.74) is 1.25. The minimum absolute atomic E-state index is 0. The average molecular weight is 454 g/mol.